The van der Waals surface area contributed by atoms with Gasteiger partial charge in [0.2, 0.25) is 11.3 Å². The van der Waals surface area contributed by atoms with Crippen LogP contribution in [-0.2, 0) is 11.3 Å². The number of hydrogen-bond acceptors (Lipinski definition) is 4. The molecule has 1 amide bonds. The summed E-state index contributed by atoms with van der Waals surface area (Å²) in [7, 11) is 0. The van der Waals surface area contributed by atoms with E-state index in [-0.39, 0.29) is 23.5 Å². The van der Waals surface area contributed by atoms with E-state index in [1.807, 2.05) is 6.07 Å². The van der Waals surface area contributed by atoms with Crippen molar-refractivity contribution in [2.75, 3.05) is 5.32 Å². The average Bonchev–Trinajstić information content (AvgIpc) is 2.54. The van der Waals surface area contributed by atoms with E-state index in [0.717, 1.165) is 0 Å². The molecule has 0 saturated heterocycles. The van der Waals surface area contributed by atoms with E-state index in [9.17, 15) is 14.7 Å². The monoisotopic (exact) mass is 309 g/mol. The minimum atomic E-state index is -0.194. The van der Waals surface area contributed by atoms with Gasteiger partial charge in [0.25, 0.3) is 0 Å². The van der Waals surface area contributed by atoms with Gasteiger partial charge in [-0.3, -0.25) is 14.3 Å². The van der Waals surface area contributed by atoms with E-state index in [4.69, 9.17) is 0 Å². The standard InChI is InChI=1S/C17H15N3O3/c21-13-5-3-4-12(10-13)19-17(23)8-9-20-15-7-2-1-6-14(15)16(22)11-18-20/h1-7,10-11,21H,8-9H2,(H,19,23). The third-order valence-electron chi connectivity index (χ3n) is 3.44. The molecule has 6 nitrogen and oxygen atoms in total. The van der Waals surface area contributed by atoms with E-state index in [1.165, 1.54) is 18.3 Å². The lowest BCUT2D eigenvalue weighted by molar-refractivity contribution is -0.116. The molecule has 116 valence electrons. The molecule has 0 aliphatic carbocycles. The van der Waals surface area contributed by atoms with Crippen molar-refractivity contribution >= 4 is 22.5 Å². The molecule has 1 aromatic heterocycles. The number of aromatic nitrogens is 2. The number of amides is 1. The molecule has 0 radical (unpaired) electrons. The molecule has 0 atom stereocenters. The van der Waals surface area contributed by atoms with Crippen LogP contribution in [0.3, 0.4) is 0 Å². The topological polar surface area (TPSA) is 84.2 Å². The second-order valence-electron chi connectivity index (χ2n) is 5.10. The summed E-state index contributed by atoms with van der Waals surface area (Å²) in [5.74, 6) is -0.101. The molecule has 2 N–H and O–H groups in total. The summed E-state index contributed by atoms with van der Waals surface area (Å²) in [6.07, 6.45) is 1.46. The largest absolute Gasteiger partial charge is 0.508 e. The molecule has 0 unspecified atom stereocenters. The molecule has 0 spiro atoms. The first-order valence-electron chi connectivity index (χ1n) is 7.17. The molecule has 2 aromatic carbocycles. The van der Waals surface area contributed by atoms with E-state index in [2.05, 4.69) is 10.4 Å². The molecular weight excluding hydrogens is 294 g/mol. The molecule has 6 heteroatoms. The molecule has 0 bridgehead atoms. The number of carbonyl (C=O) groups is 1. The normalized spacial score (nSPS) is 10.6. The fraction of sp³-hybridized carbons (Fsp3) is 0.118. The number of benzene rings is 2. The van der Waals surface area contributed by atoms with Crippen LogP contribution in [0.1, 0.15) is 6.42 Å². The van der Waals surface area contributed by atoms with Gasteiger partial charge in [0, 0.05) is 23.6 Å². The number of nitrogens with zero attached hydrogens (tertiary/aromatic N) is 2. The Labute approximate surface area is 132 Å². The van der Waals surface area contributed by atoms with Crippen LogP contribution in [0, 0.1) is 0 Å². The summed E-state index contributed by atoms with van der Waals surface area (Å²) >= 11 is 0. The van der Waals surface area contributed by atoms with Crippen LogP contribution in [0.4, 0.5) is 5.69 Å². The number of rotatable bonds is 4. The van der Waals surface area contributed by atoms with Crippen molar-refractivity contribution in [2.45, 2.75) is 13.0 Å². The van der Waals surface area contributed by atoms with Gasteiger partial charge in [-0.1, -0.05) is 18.2 Å². The van der Waals surface area contributed by atoms with Crippen molar-refractivity contribution in [2.24, 2.45) is 0 Å². The number of fused-ring (bicyclic) bond motifs is 1. The molecule has 0 aliphatic heterocycles. The molecule has 1 heterocycles. The maximum atomic E-state index is 12.0. The summed E-state index contributed by atoms with van der Waals surface area (Å²) in [6.45, 7) is 0.353. The van der Waals surface area contributed by atoms with Crippen molar-refractivity contribution in [1.29, 1.82) is 0 Å². The molecule has 0 aliphatic rings. The van der Waals surface area contributed by atoms with Crippen LogP contribution in [0.15, 0.2) is 59.5 Å². The van der Waals surface area contributed by atoms with Gasteiger partial charge in [-0.05, 0) is 24.3 Å². The minimum absolute atomic E-state index is 0.0934. The molecule has 23 heavy (non-hydrogen) atoms. The van der Waals surface area contributed by atoms with Crippen LogP contribution in [0.5, 0.6) is 5.75 Å². The number of phenolic OH excluding ortho intramolecular Hbond substituents is 1. The maximum absolute atomic E-state index is 12.0. The summed E-state index contributed by atoms with van der Waals surface area (Å²) in [4.78, 5) is 23.8. The number of para-hydroxylation sites is 1. The van der Waals surface area contributed by atoms with Crippen molar-refractivity contribution < 1.29 is 9.90 Å². The van der Waals surface area contributed by atoms with Gasteiger partial charge in [0.05, 0.1) is 18.3 Å². The first kappa shape index (κ1) is 14.8. The van der Waals surface area contributed by atoms with Crippen LogP contribution < -0.4 is 10.7 Å². The molecule has 3 aromatic rings. The number of carbonyl (C=O) groups excluding carboxylic acids is 1. The quantitative estimate of drug-likeness (QED) is 0.773. The summed E-state index contributed by atoms with van der Waals surface area (Å²) in [5, 5.41) is 16.8. The van der Waals surface area contributed by atoms with Gasteiger partial charge in [0.1, 0.15) is 5.75 Å². The van der Waals surface area contributed by atoms with Gasteiger partial charge < -0.3 is 10.4 Å². The highest BCUT2D eigenvalue weighted by molar-refractivity contribution is 5.91. The SMILES string of the molecule is O=C(CCn1ncc(=O)c2ccccc21)Nc1cccc(O)c1. The predicted octanol–water partition coefficient (Wildman–Crippen LogP) is 2.13. The van der Waals surface area contributed by atoms with Gasteiger partial charge in [0.15, 0.2) is 0 Å². The third kappa shape index (κ3) is 3.37. The third-order valence-corrected chi connectivity index (χ3v) is 3.44. The Bertz CT molecular complexity index is 918. The van der Waals surface area contributed by atoms with E-state index >= 15 is 0 Å². The highest BCUT2D eigenvalue weighted by Gasteiger charge is 2.07. The second-order valence-corrected chi connectivity index (χ2v) is 5.10. The summed E-state index contributed by atoms with van der Waals surface area (Å²) in [6, 6.07) is 13.5. The Hall–Kier alpha value is -3.15. The van der Waals surface area contributed by atoms with Crippen LogP contribution in [0.25, 0.3) is 10.9 Å². The zero-order chi connectivity index (χ0) is 16.2. The number of aryl methyl sites for hydroxylation is 1. The second kappa shape index (κ2) is 6.31. The van der Waals surface area contributed by atoms with Crippen molar-refractivity contribution in [3.8, 4) is 5.75 Å². The maximum Gasteiger partial charge on any atom is 0.226 e. The molecule has 0 saturated carbocycles. The van der Waals surface area contributed by atoms with Gasteiger partial charge in [-0.2, -0.15) is 5.10 Å². The fourth-order valence-electron chi connectivity index (χ4n) is 2.35. The number of phenols is 1. The van der Waals surface area contributed by atoms with Gasteiger partial charge >= 0.3 is 0 Å². The van der Waals surface area contributed by atoms with E-state index in [0.29, 0.717) is 23.1 Å². The first-order chi connectivity index (χ1) is 11.1. The Morgan fingerprint density at radius 1 is 1.17 bits per heavy atom. The van der Waals surface area contributed by atoms with Crippen molar-refractivity contribution in [3.05, 3.63) is 65.0 Å². The minimum Gasteiger partial charge on any atom is -0.508 e. The van der Waals surface area contributed by atoms with E-state index in [1.54, 1.807) is 35.0 Å². The summed E-state index contributed by atoms with van der Waals surface area (Å²) in [5.41, 5.74) is 1.10. The number of anilines is 1. The highest BCUT2D eigenvalue weighted by atomic mass is 16.3. The van der Waals surface area contributed by atoms with Crippen LogP contribution >= 0.6 is 0 Å². The lowest BCUT2D eigenvalue weighted by Gasteiger charge is -2.09. The van der Waals surface area contributed by atoms with Crippen LogP contribution in [0.2, 0.25) is 0 Å². The van der Waals surface area contributed by atoms with Crippen molar-refractivity contribution in [3.63, 3.8) is 0 Å². The Kier molecular flexibility index (Phi) is 4.05. The van der Waals surface area contributed by atoms with Crippen molar-refractivity contribution in [1.82, 2.24) is 9.78 Å². The number of aromatic hydroxyl groups is 1. The molecular formula is C17H15N3O3. The summed E-state index contributed by atoms with van der Waals surface area (Å²) < 4.78 is 1.64. The number of hydrogen-bond donors (Lipinski definition) is 2. The molecule has 3 rings (SSSR count). The Morgan fingerprint density at radius 3 is 2.83 bits per heavy atom. The first-order valence-corrected chi connectivity index (χ1v) is 7.17. The van der Waals surface area contributed by atoms with Gasteiger partial charge in [-0.15, -0.1) is 0 Å². The Balaban J connectivity index is 1.72. The lowest BCUT2D eigenvalue weighted by Crippen LogP contribution is -2.17. The smallest absolute Gasteiger partial charge is 0.226 e. The van der Waals surface area contributed by atoms with Gasteiger partial charge in [-0.25, -0.2) is 0 Å². The zero-order valence-corrected chi connectivity index (χ0v) is 12.3. The van der Waals surface area contributed by atoms with Crippen LogP contribution in [-0.4, -0.2) is 20.8 Å². The predicted molar refractivity (Wildman–Crippen MR) is 87.4 cm³/mol. The highest BCUT2D eigenvalue weighted by Crippen LogP contribution is 2.15. The van der Waals surface area contributed by atoms with E-state index < -0.39 is 0 Å². The molecule has 0 fully saturated rings. The Morgan fingerprint density at radius 2 is 2.00 bits per heavy atom. The lowest BCUT2D eigenvalue weighted by atomic mass is 10.2. The average molecular weight is 309 g/mol. The zero-order valence-electron chi connectivity index (χ0n) is 12.3. The number of nitrogens with one attached hydrogen (secondary N) is 1. The fourth-order valence-corrected chi connectivity index (χ4v) is 2.35.